The molecule has 1 aliphatic heterocycles. The number of hydrogen-bond acceptors (Lipinski definition) is 4. The van der Waals surface area contributed by atoms with Crippen molar-refractivity contribution in [2.75, 3.05) is 10.7 Å². The maximum atomic E-state index is 13.5. The highest BCUT2D eigenvalue weighted by Gasteiger charge is 2.32. The highest BCUT2D eigenvalue weighted by atomic mass is 32.2. The van der Waals surface area contributed by atoms with Gasteiger partial charge in [0.15, 0.2) is 0 Å². The first-order valence-electron chi connectivity index (χ1n) is 9.75. The molecule has 0 saturated carbocycles. The van der Waals surface area contributed by atoms with E-state index < -0.39 is 0 Å². The Morgan fingerprint density at radius 2 is 1.70 bits per heavy atom. The molecule has 3 aromatic carbocycles. The summed E-state index contributed by atoms with van der Waals surface area (Å²) in [5.74, 6) is 0.633. The summed E-state index contributed by atoms with van der Waals surface area (Å²) in [7, 11) is 0. The Morgan fingerprint density at radius 3 is 2.57 bits per heavy atom. The lowest BCUT2D eigenvalue weighted by atomic mass is 10.1. The van der Waals surface area contributed by atoms with Crippen LogP contribution in [0.5, 0.6) is 0 Å². The predicted molar refractivity (Wildman–Crippen MR) is 120 cm³/mol. The number of benzene rings is 3. The van der Waals surface area contributed by atoms with Crippen molar-refractivity contribution >= 4 is 34.3 Å². The zero-order valence-electron chi connectivity index (χ0n) is 16.1. The Morgan fingerprint density at radius 1 is 0.967 bits per heavy atom. The van der Waals surface area contributed by atoms with Crippen molar-refractivity contribution in [3.8, 4) is 0 Å². The van der Waals surface area contributed by atoms with Crippen LogP contribution in [0.4, 0.5) is 5.69 Å². The minimum atomic E-state index is -0.204. The Kier molecular flexibility index (Phi) is 4.85. The molecule has 5 rings (SSSR count). The molecule has 5 nitrogen and oxygen atoms in total. The molecule has 2 heterocycles. The lowest BCUT2D eigenvalue weighted by molar-refractivity contribution is -0.119. The van der Waals surface area contributed by atoms with E-state index in [0.717, 1.165) is 21.9 Å². The van der Waals surface area contributed by atoms with E-state index in [1.807, 2.05) is 65.6 Å². The first-order chi connectivity index (χ1) is 14.7. The average Bonchev–Trinajstić information content (AvgIpc) is 2.81. The lowest BCUT2D eigenvalue weighted by Crippen LogP contribution is -2.42. The molecular formula is C24H19N3O2S. The minimum Gasteiger partial charge on any atom is -0.301 e. The number of fused-ring (bicyclic) bond motifs is 2. The Bertz CT molecular complexity index is 1290. The van der Waals surface area contributed by atoms with Crippen LogP contribution in [0.1, 0.15) is 11.6 Å². The summed E-state index contributed by atoms with van der Waals surface area (Å²) in [6, 6.07) is 25.1. The summed E-state index contributed by atoms with van der Waals surface area (Å²) >= 11 is 1.75. The first-order valence-corrected chi connectivity index (χ1v) is 10.7. The van der Waals surface area contributed by atoms with Gasteiger partial charge < -0.3 is 4.90 Å². The van der Waals surface area contributed by atoms with Gasteiger partial charge in [0, 0.05) is 10.6 Å². The Hall–Kier alpha value is -3.38. The number of aromatic nitrogens is 2. The highest BCUT2D eigenvalue weighted by molar-refractivity contribution is 7.99. The Balaban J connectivity index is 1.55. The molecule has 6 heteroatoms. The molecule has 0 saturated heterocycles. The third-order valence-corrected chi connectivity index (χ3v) is 6.46. The van der Waals surface area contributed by atoms with Crippen LogP contribution >= 0.6 is 11.8 Å². The molecule has 1 aliphatic rings. The summed E-state index contributed by atoms with van der Waals surface area (Å²) in [6.07, 6.45) is 1.46. The topological polar surface area (TPSA) is 55.2 Å². The lowest BCUT2D eigenvalue weighted by Gasteiger charge is -2.37. The molecule has 30 heavy (non-hydrogen) atoms. The largest absolute Gasteiger partial charge is 0.301 e. The third kappa shape index (κ3) is 3.29. The second kappa shape index (κ2) is 7.80. The Labute approximate surface area is 178 Å². The van der Waals surface area contributed by atoms with Gasteiger partial charge in [-0.05, 0) is 29.8 Å². The molecular weight excluding hydrogens is 394 g/mol. The highest BCUT2D eigenvalue weighted by Crippen LogP contribution is 2.43. The van der Waals surface area contributed by atoms with Crippen molar-refractivity contribution in [1.82, 2.24) is 9.55 Å². The molecule has 1 amide bonds. The maximum Gasteiger partial charge on any atom is 0.261 e. The number of rotatable bonds is 3. The number of carbonyl (C=O) groups is 1. The molecule has 0 spiro atoms. The summed E-state index contributed by atoms with van der Waals surface area (Å²) in [4.78, 5) is 33.7. The molecule has 0 bridgehead atoms. The van der Waals surface area contributed by atoms with E-state index in [1.54, 1.807) is 30.0 Å². The zero-order valence-corrected chi connectivity index (χ0v) is 17.0. The second-order valence-electron chi connectivity index (χ2n) is 7.16. The van der Waals surface area contributed by atoms with E-state index in [1.165, 1.54) is 10.9 Å². The van der Waals surface area contributed by atoms with Gasteiger partial charge in [0.1, 0.15) is 6.54 Å². The van der Waals surface area contributed by atoms with Crippen molar-refractivity contribution in [3.05, 3.63) is 101 Å². The van der Waals surface area contributed by atoms with Crippen LogP contribution in [0.2, 0.25) is 0 Å². The summed E-state index contributed by atoms with van der Waals surface area (Å²) in [5.41, 5.74) is 2.39. The van der Waals surface area contributed by atoms with E-state index >= 15 is 0 Å². The summed E-state index contributed by atoms with van der Waals surface area (Å²) in [6.45, 7) is -0.0565. The van der Waals surface area contributed by atoms with Gasteiger partial charge in [-0.1, -0.05) is 54.6 Å². The van der Waals surface area contributed by atoms with Crippen molar-refractivity contribution in [3.63, 3.8) is 0 Å². The molecule has 4 aromatic rings. The molecule has 0 radical (unpaired) electrons. The number of hydrogen-bond donors (Lipinski definition) is 0. The van der Waals surface area contributed by atoms with Gasteiger partial charge in [0.2, 0.25) is 5.91 Å². The molecule has 0 aliphatic carbocycles. The number of carbonyl (C=O) groups excluding carboxylic acids is 1. The van der Waals surface area contributed by atoms with Crippen molar-refractivity contribution < 1.29 is 4.79 Å². The van der Waals surface area contributed by atoms with Crippen LogP contribution in [-0.2, 0) is 11.3 Å². The van der Waals surface area contributed by atoms with Crippen LogP contribution in [0.25, 0.3) is 10.9 Å². The zero-order chi connectivity index (χ0) is 20.5. The number of nitrogens with zero attached hydrogens (tertiary/aromatic N) is 3. The second-order valence-corrected chi connectivity index (χ2v) is 8.23. The number of para-hydroxylation sites is 2. The molecule has 0 fully saturated rings. The fourth-order valence-electron chi connectivity index (χ4n) is 3.86. The fraction of sp³-hybridized carbons (Fsp3) is 0.125. The predicted octanol–water partition coefficient (Wildman–Crippen LogP) is 4.28. The van der Waals surface area contributed by atoms with Gasteiger partial charge in [0.25, 0.3) is 5.56 Å². The van der Waals surface area contributed by atoms with Gasteiger partial charge in [-0.25, -0.2) is 4.98 Å². The van der Waals surface area contributed by atoms with Crippen molar-refractivity contribution in [1.29, 1.82) is 0 Å². The fourth-order valence-corrected chi connectivity index (χ4v) is 5.03. The average molecular weight is 414 g/mol. The molecule has 148 valence electrons. The normalized spacial score (nSPS) is 15.7. The van der Waals surface area contributed by atoms with Crippen LogP contribution in [0, 0.1) is 0 Å². The van der Waals surface area contributed by atoms with Crippen LogP contribution in [0.3, 0.4) is 0 Å². The molecule has 0 N–H and O–H groups in total. The summed E-state index contributed by atoms with van der Waals surface area (Å²) < 4.78 is 1.40. The standard InChI is InChI=1S/C24H19N3O2S/c28-23(14-26-16-25-19-11-5-4-10-18(19)24(26)29)27-20-12-6-7-13-22(20)30-15-21(27)17-8-2-1-3-9-17/h1-13,16,21H,14-15H2/t21-/m0/s1. The van der Waals surface area contributed by atoms with Crippen molar-refractivity contribution in [2.24, 2.45) is 0 Å². The minimum absolute atomic E-state index is 0.0565. The summed E-state index contributed by atoms with van der Waals surface area (Å²) in [5, 5.41) is 0.516. The quantitative estimate of drug-likeness (QED) is 0.503. The van der Waals surface area contributed by atoms with E-state index in [9.17, 15) is 9.59 Å². The van der Waals surface area contributed by atoms with Gasteiger partial charge in [0.05, 0.1) is 29.0 Å². The van der Waals surface area contributed by atoms with Crippen LogP contribution in [0.15, 0.2) is 94.9 Å². The van der Waals surface area contributed by atoms with E-state index in [4.69, 9.17) is 0 Å². The van der Waals surface area contributed by atoms with Gasteiger partial charge in [-0.2, -0.15) is 0 Å². The third-order valence-electron chi connectivity index (χ3n) is 5.32. The van der Waals surface area contributed by atoms with Crippen LogP contribution in [-0.4, -0.2) is 21.2 Å². The smallest absolute Gasteiger partial charge is 0.261 e. The van der Waals surface area contributed by atoms with Gasteiger partial charge in [-0.15, -0.1) is 11.8 Å². The van der Waals surface area contributed by atoms with E-state index in [-0.39, 0.29) is 24.1 Å². The first kappa shape index (κ1) is 18.6. The van der Waals surface area contributed by atoms with E-state index in [2.05, 4.69) is 4.98 Å². The molecule has 1 aromatic heterocycles. The van der Waals surface area contributed by atoms with Gasteiger partial charge in [-0.3, -0.25) is 14.2 Å². The monoisotopic (exact) mass is 413 g/mol. The number of amides is 1. The molecule has 1 atom stereocenters. The number of thioether (sulfide) groups is 1. The SMILES string of the molecule is O=C(Cn1cnc2ccccc2c1=O)N1c2ccccc2SC[C@H]1c1ccccc1. The number of anilines is 1. The molecule has 0 unspecified atom stereocenters. The van der Waals surface area contributed by atoms with Crippen LogP contribution < -0.4 is 10.5 Å². The van der Waals surface area contributed by atoms with E-state index in [0.29, 0.717) is 10.9 Å². The van der Waals surface area contributed by atoms with Crippen molar-refractivity contribution in [2.45, 2.75) is 17.5 Å². The van der Waals surface area contributed by atoms with Gasteiger partial charge >= 0.3 is 0 Å². The maximum absolute atomic E-state index is 13.5.